The maximum atomic E-state index is 14.3. The Labute approximate surface area is 161 Å². The number of nitrogens with zero attached hydrogens (tertiary/aromatic N) is 2. The number of nitrogens with one attached hydrogen (secondary N) is 2. The number of hydrazone groups is 1. The molecular formula is C20H19FN4O3. The van der Waals surface area contributed by atoms with E-state index in [1.54, 1.807) is 4.90 Å². The third-order valence-corrected chi connectivity index (χ3v) is 5.07. The third-order valence-electron chi connectivity index (χ3n) is 5.07. The minimum absolute atomic E-state index is 0.000969. The molecule has 3 aliphatic rings. The molecule has 8 heteroatoms. The highest BCUT2D eigenvalue weighted by Crippen LogP contribution is 2.40. The monoisotopic (exact) mass is 382 g/mol. The average Bonchev–Trinajstić information content (AvgIpc) is 3.52. The van der Waals surface area contributed by atoms with Crippen LogP contribution in [0.2, 0.25) is 0 Å². The average molecular weight is 382 g/mol. The lowest BCUT2D eigenvalue weighted by Crippen LogP contribution is -2.46. The van der Waals surface area contributed by atoms with Crippen molar-refractivity contribution < 1.29 is 18.7 Å². The van der Waals surface area contributed by atoms with Gasteiger partial charge in [0.15, 0.2) is 6.23 Å². The zero-order chi connectivity index (χ0) is 19.1. The standard InChI is InChI=1S/C20H19FN4O3/c21-16-6-5-12(11-15(16)20(26)25-9-7-22-8-10-25)27-18-14-4-2-1-3-13(14)17-19(28-17)24-23-18/h1-6,11,17,19,22,24H,7-10H2. The van der Waals surface area contributed by atoms with Gasteiger partial charge in [-0.05, 0) is 29.8 Å². The van der Waals surface area contributed by atoms with Crippen LogP contribution in [0.4, 0.5) is 4.39 Å². The molecule has 0 aromatic heterocycles. The molecule has 3 aliphatic heterocycles. The van der Waals surface area contributed by atoms with Gasteiger partial charge in [0.25, 0.3) is 5.91 Å². The molecule has 0 radical (unpaired) electrons. The van der Waals surface area contributed by atoms with Gasteiger partial charge in [0.1, 0.15) is 17.7 Å². The van der Waals surface area contributed by atoms with Crippen LogP contribution in [0.1, 0.15) is 27.6 Å². The van der Waals surface area contributed by atoms with Gasteiger partial charge in [-0.15, -0.1) is 5.10 Å². The molecule has 0 aliphatic carbocycles. The topological polar surface area (TPSA) is 78.5 Å². The molecule has 28 heavy (non-hydrogen) atoms. The number of halogens is 1. The molecule has 2 N–H and O–H groups in total. The van der Waals surface area contributed by atoms with E-state index in [0.717, 1.165) is 11.1 Å². The third kappa shape index (κ3) is 3.10. The predicted molar refractivity (Wildman–Crippen MR) is 99.5 cm³/mol. The molecule has 2 saturated heterocycles. The van der Waals surface area contributed by atoms with E-state index in [1.165, 1.54) is 18.2 Å². The fourth-order valence-electron chi connectivity index (χ4n) is 3.53. The molecule has 144 valence electrons. The summed E-state index contributed by atoms with van der Waals surface area (Å²) in [5.74, 6) is -0.183. The summed E-state index contributed by atoms with van der Waals surface area (Å²) in [7, 11) is 0. The summed E-state index contributed by atoms with van der Waals surface area (Å²) in [5.41, 5.74) is 4.71. The van der Waals surface area contributed by atoms with Crippen molar-refractivity contribution >= 4 is 11.8 Å². The lowest BCUT2D eigenvalue weighted by molar-refractivity contribution is 0.0730. The minimum atomic E-state index is -0.563. The molecule has 1 amide bonds. The highest BCUT2D eigenvalue weighted by atomic mass is 19.1. The zero-order valence-electron chi connectivity index (χ0n) is 15.0. The van der Waals surface area contributed by atoms with E-state index in [4.69, 9.17) is 9.47 Å². The second-order valence-electron chi connectivity index (χ2n) is 6.90. The Morgan fingerprint density at radius 1 is 1.21 bits per heavy atom. The van der Waals surface area contributed by atoms with Crippen molar-refractivity contribution in [3.05, 3.63) is 65.0 Å². The minimum Gasteiger partial charge on any atom is -0.437 e. The van der Waals surface area contributed by atoms with Gasteiger partial charge >= 0.3 is 0 Å². The summed E-state index contributed by atoms with van der Waals surface area (Å²) in [6.07, 6.45) is -0.223. The summed E-state index contributed by atoms with van der Waals surface area (Å²) in [5, 5.41) is 7.47. The Balaban J connectivity index is 1.43. The molecular weight excluding hydrogens is 363 g/mol. The van der Waals surface area contributed by atoms with Crippen LogP contribution in [0, 0.1) is 5.82 Å². The number of benzene rings is 2. The van der Waals surface area contributed by atoms with Crippen LogP contribution in [0.25, 0.3) is 0 Å². The van der Waals surface area contributed by atoms with Gasteiger partial charge in [-0.25, -0.2) is 4.39 Å². The van der Waals surface area contributed by atoms with Gasteiger partial charge in [-0.3, -0.25) is 10.2 Å². The Hall–Kier alpha value is -2.97. The Kier molecular flexibility index (Phi) is 4.22. The van der Waals surface area contributed by atoms with E-state index >= 15 is 0 Å². The first-order valence-electron chi connectivity index (χ1n) is 9.26. The number of amides is 1. The number of rotatable bonds is 2. The fraction of sp³-hybridized carbons (Fsp3) is 0.300. The number of fused-ring (bicyclic) bond motifs is 3. The van der Waals surface area contributed by atoms with Crippen LogP contribution in [-0.2, 0) is 4.74 Å². The lowest BCUT2D eigenvalue weighted by Gasteiger charge is -2.27. The number of epoxide rings is 1. The molecule has 3 heterocycles. The van der Waals surface area contributed by atoms with Gasteiger partial charge in [-0.1, -0.05) is 18.2 Å². The molecule has 2 aromatic carbocycles. The van der Waals surface area contributed by atoms with Crippen LogP contribution in [0.15, 0.2) is 47.6 Å². The summed E-state index contributed by atoms with van der Waals surface area (Å²) in [6.45, 7) is 2.51. The van der Waals surface area contributed by atoms with Gasteiger partial charge in [0.2, 0.25) is 5.90 Å². The van der Waals surface area contributed by atoms with Gasteiger partial charge in [-0.2, -0.15) is 0 Å². The molecule has 0 saturated carbocycles. The van der Waals surface area contributed by atoms with Crippen LogP contribution in [0.3, 0.4) is 0 Å². The van der Waals surface area contributed by atoms with E-state index in [9.17, 15) is 9.18 Å². The Morgan fingerprint density at radius 2 is 2.04 bits per heavy atom. The van der Waals surface area contributed by atoms with Crippen molar-refractivity contribution in [3.63, 3.8) is 0 Å². The molecule has 0 bridgehead atoms. The Morgan fingerprint density at radius 3 is 2.89 bits per heavy atom. The summed E-state index contributed by atoms with van der Waals surface area (Å²) >= 11 is 0. The SMILES string of the molecule is O=C(c1cc(OC2=NNC3OC3c3ccccc32)ccc1F)N1CCNCC1. The smallest absolute Gasteiger partial charge is 0.257 e. The van der Waals surface area contributed by atoms with Crippen LogP contribution in [0.5, 0.6) is 5.75 Å². The highest BCUT2D eigenvalue weighted by Gasteiger charge is 2.44. The fourth-order valence-corrected chi connectivity index (χ4v) is 3.53. The van der Waals surface area contributed by atoms with Crippen molar-refractivity contribution in [2.45, 2.75) is 12.3 Å². The summed E-state index contributed by atoms with van der Waals surface area (Å²) in [6, 6.07) is 11.9. The van der Waals surface area contributed by atoms with E-state index in [2.05, 4.69) is 15.8 Å². The van der Waals surface area contributed by atoms with Gasteiger partial charge < -0.3 is 19.7 Å². The molecule has 2 fully saturated rings. The maximum absolute atomic E-state index is 14.3. The van der Waals surface area contributed by atoms with Crippen molar-refractivity contribution in [1.82, 2.24) is 15.6 Å². The summed E-state index contributed by atoms with van der Waals surface area (Å²) < 4.78 is 25.8. The van der Waals surface area contributed by atoms with Crippen molar-refractivity contribution in [2.24, 2.45) is 5.10 Å². The van der Waals surface area contributed by atoms with E-state index in [1.807, 2.05) is 24.3 Å². The molecule has 7 nitrogen and oxygen atoms in total. The number of carbonyl (C=O) groups is 1. The van der Waals surface area contributed by atoms with Crippen molar-refractivity contribution in [3.8, 4) is 5.75 Å². The second kappa shape index (κ2) is 6.88. The normalized spacial score (nSPS) is 22.9. The number of ether oxygens (including phenoxy) is 2. The maximum Gasteiger partial charge on any atom is 0.257 e. The molecule has 5 rings (SSSR count). The first-order chi connectivity index (χ1) is 13.7. The second-order valence-corrected chi connectivity index (χ2v) is 6.90. The van der Waals surface area contributed by atoms with E-state index in [-0.39, 0.29) is 23.8 Å². The van der Waals surface area contributed by atoms with E-state index < -0.39 is 5.82 Å². The number of carbonyl (C=O) groups excluding carboxylic acids is 1. The van der Waals surface area contributed by atoms with Gasteiger partial charge in [0, 0.05) is 31.7 Å². The number of piperazine rings is 1. The molecule has 2 atom stereocenters. The first kappa shape index (κ1) is 17.2. The molecule has 2 unspecified atom stereocenters. The number of hydrogen-bond acceptors (Lipinski definition) is 6. The lowest BCUT2D eigenvalue weighted by atomic mass is 10.0. The van der Waals surface area contributed by atoms with Crippen molar-refractivity contribution in [2.75, 3.05) is 26.2 Å². The molecule has 2 aromatic rings. The largest absolute Gasteiger partial charge is 0.437 e. The number of hydrogen-bond donors (Lipinski definition) is 2. The van der Waals surface area contributed by atoms with Crippen LogP contribution in [-0.4, -0.2) is 49.1 Å². The predicted octanol–water partition coefficient (Wildman–Crippen LogP) is 1.61. The van der Waals surface area contributed by atoms with Crippen molar-refractivity contribution in [1.29, 1.82) is 0 Å². The van der Waals surface area contributed by atoms with Gasteiger partial charge in [0.05, 0.1) is 5.56 Å². The van der Waals surface area contributed by atoms with Crippen LogP contribution < -0.4 is 15.5 Å². The van der Waals surface area contributed by atoms with Crippen LogP contribution >= 0.6 is 0 Å². The summed E-state index contributed by atoms with van der Waals surface area (Å²) in [4.78, 5) is 14.4. The van der Waals surface area contributed by atoms with E-state index in [0.29, 0.717) is 37.8 Å². The molecule has 0 spiro atoms. The zero-order valence-corrected chi connectivity index (χ0v) is 15.0. The first-order valence-corrected chi connectivity index (χ1v) is 9.26. The highest BCUT2D eigenvalue weighted by molar-refractivity contribution is 5.98. The quantitative estimate of drug-likeness (QED) is 0.772. The Bertz CT molecular complexity index is 958.